The van der Waals surface area contributed by atoms with Crippen LogP contribution >= 0.6 is 15.9 Å². The summed E-state index contributed by atoms with van der Waals surface area (Å²) in [6.07, 6.45) is 5.91. The monoisotopic (exact) mass is 293 g/mol. The van der Waals surface area contributed by atoms with Crippen LogP contribution in [0.5, 0.6) is 0 Å². The molecule has 0 unspecified atom stereocenters. The molecule has 2 aromatic rings. The third-order valence-corrected chi connectivity index (χ3v) is 3.30. The van der Waals surface area contributed by atoms with Crippen molar-refractivity contribution in [2.45, 2.75) is 25.7 Å². The average Bonchev–Trinajstić information content (AvgIpc) is 3.05. The van der Waals surface area contributed by atoms with E-state index in [-0.39, 0.29) is 0 Å². The molecule has 0 aromatic carbocycles. The zero-order valence-corrected chi connectivity index (χ0v) is 11.0. The zero-order chi connectivity index (χ0) is 12.0. The van der Waals surface area contributed by atoms with Gasteiger partial charge in [0.1, 0.15) is 11.6 Å². The molecule has 2 N–H and O–H groups in total. The van der Waals surface area contributed by atoms with Crippen molar-refractivity contribution < 1.29 is 0 Å². The average molecular weight is 294 g/mol. The normalized spacial score (nSPS) is 15.2. The number of hydrogen-bond acceptors (Lipinski definition) is 4. The van der Waals surface area contributed by atoms with Crippen LogP contribution in [0.3, 0.4) is 0 Å². The van der Waals surface area contributed by atoms with E-state index in [1.807, 2.05) is 13.1 Å². The predicted octanol–water partition coefficient (Wildman–Crippen LogP) is 2.19. The molecule has 0 bridgehead atoms. The van der Waals surface area contributed by atoms with Crippen molar-refractivity contribution in [3.63, 3.8) is 0 Å². The molecule has 0 amide bonds. The van der Waals surface area contributed by atoms with Crippen LogP contribution in [0.25, 0.3) is 5.82 Å². The molecular formula is C11H12BrN5. The molecule has 2 aromatic heterocycles. The molecule has 2 heterocycles. The quantitative estimate of drug-likeness (QED) is 0.921. The summed E-state index contributed by atoms with van der Waals surface area (Å²) in [5.74, 6) is 2.64. The van der Waals surface area contributed by atoms with Gasteiger partial charge >= 0.3 is 0 Å². The molecule has 0 saturated heterocycles. The van der Waals surface area contributed by atoms with E-state index in [0.717, 1.165) is 34.5 Å². The topological polar surface area (TPSA) is 69.6 Å². The zero-order valence-electron chi connectivity index (χ0n) is 9.39. The smallest absolute Gasteiger partial charge is 0.162 e. The van der Waals surface area contributed by atoms with Crippen molar-refractivity contribution in [3.05, 3.63) is 28.3 Å². The van der Waals surface area contributed by atoms with Gasteiger partial charge in [-0.2, -0.15) is 5.10 Å². The van der Waals surface area contributed by atoms with E-state index in [2.05, 4.69) is 31.0 Å². The highest BCUT2D eigenvalue weighted by Gasteiger charge is 2.28. The summed E-state index contributed by atoms with van der Waals surface area (Å²) in [5.41, 5.74) is 6.79. The fraction of sp³-hybridized carbons (Fsp3) is 0.364. The van der Waals surface area contributed by atoms with Gasteiger partial charge in [0.05, 0.1) is 10.7 Å². The minimum absolute atomic E-state index is 0.482. The van der Waals surface area contributed by atoms with Gasteiger partial charge in [0.15, 0.2) is 5.82 Å². The van der Waals surface area contributed by atoms with Gasteiger partial charge in [-0.15, -0.1) is 0 Å². The molecule has 6 heteroatoms. The number of anilines is 1. The minimum Gasteiger partial charge on any atom is -0.383 e. The molecule has 17 heavy (non-hydrogen) atoms. The summed E-state index contributed by atoms with van der Waals surface area (Å²) in [7, 11) is 0. The molecule has 0 atom stereocenters. The summed E-state index contributed by atoms with van der Waals surface area (Å²) >= 11 is 3.37. The molecular weight excluding hydrogens is 282 g/mol. The Balaban J connectivity index is 2.13. The van der Waals surface area contributed by atoms with Crippen molar-refractivity contribution >= 4 is 21.7 Å². The van der Waals surface area contributed by atoms with Crippen molar-refractivity contribution in [3.8, 4) is 5.82 Å². The van der Waals surface area contributed by atoms with E-state index < -0.39 is 0 Å². The fourth-order valence-corrected chi connectivity index (χ4v) is 1.99. The standard InChI is InChI=1S/C11H12BrN5/c1-6-9(13)15-10(7-2-3-7)16-11(6)17-5-8(12)4-14-17/h4-5,7H,2-3H2,1H3,(H2,13,15,16). The Morgan fingerprint density at radius 1 is 1.41 bits per heavy atom. The Morgan fingerprint density at radius 3 is 2.76 bits per heavy atom. The van der Waals surface area contributed by atoms with Gasteiger partial charge in [-0.25, -0.2) is 14.6 Å². The van der Waals surface area contributed by atoms with E-state index in [1.165, 1.54) is 0 Å². The maximum absolute atomic E-state index is 5.93. The number of nitrogens with zero attached hydrogens (tertiary/aromatic N) is 4. The minimum atomic E-state index is 0.482. The molecule has 0 radical (unpaired) electrons. The van der Waals surface area contributed by atoms with E-state index in [9.17, 15) is 0 Å². The first-order chi connectivity index (χ1) is 8.15. The lowest BCUT2D eigenvalue weighted by Gasteiger charge is -2.09. The maximum atomic E-state index is 5.93. The second-order valence-corrected chi connectivity index (χ2v) is 5.21. The largest absolute Gasteiger partial charge is 0.383 e. The summed E-state index contributed by atoms with van der Waals surface area (Å²) in [6, 6.07) is 0. The van der Waals surface area contributed by atoms with Crippen LogP contribution < -0.4 is 5.73 Å². The molecule has 1 saturated carbocycles. The SMILES string of the molecule is Cc1c(N)nc(C2CC2)nc1-n1cc(Br)cn1. The first kappa shape index (κ1) is 10.7. The second kappa shape index (κ2) is 3.80. The Morgan fingerprint density at radius 2 is 2.18 bits per heavy atom. The Kier molecular flexibility index (Phi) is 2.39. The Bertz CT molecular complexity index is 573. The number of hydrogen-bond donors (Lipinski definition) is 1. The summed E-state index contributed by atoms with van der Waals surface area (Å²) in [4.78, 5) is 8.91. The van der Waals surface area contributed by atoms with Crippen LogP contribution in [0.2, 0.25) is 0 Å². The van der Waals surface area contributed by atoms with Gasteiger partial charge in [0.25, 0.3) is 0 Å². The Labute approximate surface area is 107 Å². The molecule has 5 nitrogen and oxygen atoms in total. The highest BCUT2D eigenvalue weighted by Crippen LogP contribution is 2.39. The number of nitrogens with two attached hydrogens (primary N) is 1. The summed E-state index contributed by atoms with van der Waals surface area (Å²) < 4.78 is 2.64. The van der Waals surface area contributed by atoms with Gasteiger partial charge in [0, 0.05) is 17.7 Å². The lowest BCUT2D eigenvalue weighted by molar-refractivity contribution is 0.802. The molecule has 3 rings (SSSR count). The number of nitrogen functional groups attached to an aromatic ring is 1. The number of rotatable bonds is 2. The predicted molar refractivity (Wildman–Crippen MR) is 68.0 cm³/mol. The van der Waals surface area contributed by atoms with Crippen molar-refractivity contribution in [1.29, 1.82) is 0 Å². The second-order valence-electron chi connectivity index (χ2n) is 4.29. The highest BCUT2D eigenvalue weighted by molar-refractivity contribution is 9.10. The van der Waals surface area contributed by atoms with Crippen LogP contribution in [0.1, 0.15) is 30.1 Å². The van der Waals surface area contributed by atoms with Gasteiger partial charge in [-0.1, -0.05) is 0 Å². The van der Waals surface area contributed by atoms with Crippen LogP contribution in [0, 0.1) is 6.92 Å². The summed E-state index contributed by atoms with van der Waals surface area (Å²) in [6.45, 7) is 1.91. The van der Waals surface area contributed by atoms with E-state index >= 15 is 0 Å². The lowest BCUT2D eigenvalue weighted by atomic mass is 10.3. The van der Waals surface area contributed by atoms with Crippen molar-refractivity contribution in [2.24, 2.45) is 0 Å². The van der Waals surface area contributed by atoms with E-state index in [4.69, 9.17) is 5.73 Å². The third kappa shape index (κ3) is 1.93. The molecule has 0 spiro atoms. The molecule has 1 aliphatic carbocycles. The van der Waals surface area contributed by atoms with Crippen LogP contribution in [-0.4, -0.2) is 19.7 Å². The van der Waals surface area contributed by atoms with E-state index in [0.29, 0.717) is 11.7 Å². The lowest BCUT2D eigenvalue weighted by Crippen LogP contribution is -2.09. The molecule has 1 fully saturated rings. The molecule has 1 aliphatic rings. The molecule has 88 valence electrons. The van der Waals surface area contributed by atoms with Gasteiger partial charge in [-0.05, 0) is 35.7 Å². The first-order valence-electron chi connectivity index (χ1n) is 5.49. The summed E-state index contributed by atoms with van der Waals surface area (Å²) in [5, 5.41) is 4.23. The number of aromatic nitrogens is 4. The van der Waals surface area contributed by atoms with Crippen LogP contribution in [0.4, 0.5) is 5.82 Å². The molecule has 0 aliphatic heterocycles. The van der Waals surface area contributed by atoms with Gasteiger partial charge in [-0.3, -0.25) is 0 Å². The Hall–Kier alpha value is -1.43. The van der Waals surface area contributed by atoms with Crippen LogP contribution in [0.15, 0.2) is 16.9 Å². The van der Waals surface area contributed by atoms with Crippen molar-refractivity contribution in [1.82, 2.24) is 19.7 Å². The fourth-order valence-electron chi connectivity index (χ4n) is 1.70. The van der Waals surface area contributed by atoms with Crippen molar-refractivity contribution in [2.75, 3.05) is 5.73 Å². The third-order valence-electron chi connectivity index (χ3n) is 2.89. The first-order valence-corrected chi connectivity index (χ1v) is 6.29. The van der Waals surface area contributed by atoms with Gasteiger partial charge < -0.3 is 5.73 Å². The number of halogens is 1. The maximum Gasteiger partial charge on any atom is 0.162 e. The van der Waals surface area contributed by atoms with Gasteiger partial charge in [0.2, 0.25) is 0 Å². The van der Waals surface area contributed by atoms with E-state index in [1.54, 1.807) is 10.9 Å². The highest BCUT2D eigenvalue weighted by atomic mass is 79.9. The van der Waals surface area contributed by atoms with Crippen LogP contribution in [-0.2, 0) is 0 Å².